The van der Waals surface area contributed by atoms with Crippen LogP contribution < -0.4 is 5.06 Å². The second-order valence-corrected chi connectivity index (χ2v) is 6.05. The molecule has 0 aliphatic rings. The molecular formula is C18H12ClFN6O. The summed E-state index contributed by atoms with van der Waals surface area (Å²) in [7, 11) is 0. The summed E-state index contributed by atoms with van der Waals surface area (Å²) in [5.41, 5.74) is 2.16. The molecule has 3 aromatic heterocycles. The zero-order valence-electron chi connectivity index (χ0n) is 13.7. The maximum absolute atomic E-state index is 13.3. The molecule has 4 aromatic rings. The third-order valence-corrected chi connectivity index (χ3v) is 4.23. The van der Waals surface area contributed by atoms with E-state index in [1.165, 1.54) is 18.3 Å². The summed E-state index contributed by atoms with van der Waals surface area (Å²) >= 11 is 5.76. The average molecular weight is 383 g/mol. The van der Waals surface area contributed by atoms with E-state index in [2.05, 4.69) is 19.9 Å². The van der Waals surface area contributed by atoms with Gasteiger partial charge in [0.2, 0.25) is 0 Å². The lowest BCUT2D eigenvalue weighted by atomic mass is 10.2. The van der Waals surface area contributed by atoms with E-state index in [1.54, 1.807) is 24.5 Å². The molecule has 0 saturated heterocycles. The van der Waals surface area contributed by atoms with Crippen molar-refractivity contribution in [2.24, 2.45) is 0 Å². The summed E-state index contributed by atoms with van der Waals surface area (Å²) < 4.78 is 13.3. The minimum absolute atomic E-state index is 0.153. The smallest absolute Gasteiger partial charge is 0.178 e. The van der Waals surface area contributed by atoms with Crippen LogP contribution in [-0.4, -0.2) is 31.0 Å². The summed E-state index contributed by atoms with van der Waals surface area (Å²) in [4.78, 5) is 15.8. The average Bonchev–Trinajstić information content (AvgIpc) is 3.14. The van der Waals surface area contributed by atoms with E-state index in [1.807, 2.05) is 6.07 Å². The first-order valence-electron chi connectivity index (χ1n) is 7.82. The molecule has 3 N–H and O–H groups in total. The van der Waals surface area contributed by atoms with Crippen LogP contribution in [0.15, 0.2) is 55.0 Å². The number of anilines is 1. The van der Waals surface area contributed by atoms with Crippen LogP contribution >= 0.6 is 11.6 Å². The molecule has 0 unspecified atom stereocenters. The van der Waals surface area contributed by atoms with Crippen molar-refractivity contribution >= 4 is 34.3 Å². The van der Waals surface area contributed by atoms with Crippen molar-refractivity contribution in [1.82, 2.24) is 19.9 Å². The molecule has 4 rings (SSSR count). The van der Waals surface area contributed by atoms with Crippen LogP contribution in [-0.2, 0) is 0 Å². The lowest BCUT2D eigenvalue weighted by Gasteiger charge is -2.18. The number of hydrogen-bond donors (Lipinski definition) is 3. The first-order chi connectivity index (χ1) is 13.0. The topological polar surface area (TPSA) is 102 Å². The lowest BCUT2D eigenvalue weighted by Crippen LogP contribution is -2.27. The van der Waals surface area contributed by atoms with Gasteiger partial charge in [0.1, 0.15) is 11.6 Å². The van der Waals surface area contributed by atoms with Gasteiger partial charge >= 0.3 is 0 Å². The minimum atomic E-state index is -0.610. The molecule has 3 heterocycles. The zero-order chi connectivity index (χ0) is 19.0. The molecule has 0 fully saturated rings. The molecule has 134 valence electrons. The fourth-order valence-electron chi connectivity index (χ4n) is 2.61. The van der Waals surface area contributed by atoms with Gasteiger partial charge < -0.3 is 4.98 Å². The van der Waals surface area contributed by atoms with E-state index in [-0.39, 0.29) is 16.5 Å². The Labute approximate surface area is 157 Å². The molecule has 0 spiro atoms. The van der Waals surface area contributed by atoms with Crippen molar-refractivity contribution in [2.75, 3.05) is 5.06 Å². The van der Waals surface area contributed by atoms with E-state index in [0.717, 1.165) is 11.6 Å². The zero-order valence-corrected chi connectivity index (χ0v) is 14.4. The van der Waals surface area contributed by atoms with Crippen molar-refractivity contribution < 1.29 is 9.60 Å². The van der Waals surface area contributed by atoms with Crippen LogP contribution in [0, 0.1) is 11.2 Å². The molecule has 1 aromatic carbocycles. The predicted octanol–water partition coefficient (Wildman–Crippen LogP) is 4.03. The van der Waals surface area contributed by atoms with Crippen LogP contribution in [0.4, 0.5) is 10.1 Å². The van der Waals surface area contributed by atoms with Gasteiger partial charge in [0.05, 0.1) is 16.2 Å². The number of pyridine rings is 2. The third-order valence-electron chi connectivity index (χ3n) is 3.94. The van der Waals surface area contributed by atoms with Gasteiger partial charge in [-0.2, -0.15) is 0 Å². The quantitative estimate of drug-likeness (QED) is 0.282. The van der Waals surface area contributed by atoms with E-state index in [0.29, 0.717) is 27.6 Å². The highest BCUT2D eigenvalue weighted by Crippen LogP contribution is 2.25. The van der Waals surface area contributed by atoms with Gasteiger partial charge in [-0.15, -0.1) is 0 Å². The van der Waals surface area contributed by atoms with E-state index >= 15 is 0 Å². The van der Waals surface area contributed by atoms with Crippen LogP contribution in [0.5, 0.6) is 0 Å². The lowest BCUT2D eigenvalue weighted by molar-refractivity contribution is 0.312. The molecule has 0 saturated carbocycles. The maximum Gasteiger partial charge on any atom is 0.178 e. The number of amidine groups is 1. The van der Waals surface area contributed by atoms with Crippen molar-refractivity contribution in [3.63, 3.8) is 0 Å². The summed E-state index contributed by atoms with van der Waals surface area (Å²) in [6, 6.07) is 8.87. The van der Waals surface area contributed by atoms with Gasteiger partial charge in [0, 0.05) is 29.7 Å². The first kappa shape index (κ1) is 17.1. The number of nitrogens with one attached hydrogen (secondary N) is 2. The highest BCUT2D eigenvalue weighted by atomic mass is 35.5. The fourth-order valence-corrected chi connectivity index (χ4v) is 2.78. The number of H-pyrrole nitrogens is 1. The largest absolute Gasteiger partial charge is 0.336 e. The molecule has 0 aliphatic heterocycles. The first-order valence-corrected chi connectivity index (χ1v) is 8.20. The molecule has 7 nitrogen and oxygen atoms in total. The SMILES string of the molecule is N=C(c1ccnc2nc(-c3cccnc3)[nH]c12)N(O)c1ccc(F)c(Cl)c1. The predicted molar refractivity (Wildman–Crippen MR) is 99.6 cm³/mol. The Morgan fingerprint density at radius 1 is 1.22 bits per heavy atom. The van der Waals surface area contributed by atoms with Crippen molar-refractivity contribution in [2.45, 2.75) is 0 Å². The Kier molecular flexibility index (Phi) is 4.27. The monoisotopic (exact) mass is 382 g/mol. The minimum Gasteiger partial charge on any atom is -0.336 e. The third kappa shape index (κ3) is 3.12. The number of imidazole rings is 1. The Hall–Kier alpha value is -3.36. The molecule has 0 aliphatic carbocycles. The number of aromatic nitrogens is 4. The number of aromatic amines is 1. The Balaban J connectivity index is 1.75. The number of hydroxylamine groups is 1. The maximum atomic E-state index is 13.3. The second-order valence-electron chi connectivity index (χ2n) is 5.64. The van der Waals surface area contributed by atoms with E-state index in [9.17, 15) is 9.60 Å². The number of fused-ring (bicyclic) bond motifs is 1. The molecule has 0 radical (unpaired) electrons. The summed E-state index contributed by atoms with van der Waals surface area (Å²) in [6.45, 7) is 0. The molecule has 0 bridgehead atoms. The van der Waals surface area contributed by atoms with Gasteiger partial charge in [-0.05, 0) is 36.4 Å². The number of rotatable bonds is 3. The molecule has 0 amide bonds. The van der Waals surface area contributed by atoms with Crippen molar-refractivity contribution in [3.8, 4) is 11.4 Å². The van der Waals surface area contributed by atoms with E-state index < -0.39 is 5.82 Å². The number of nitrogens with zero attached hydrogens (tertiary/aromatic N) is 4. The van der Waals surface area contributed by atoms with Gasteiger partial charge in [-0.25, -0.2) is 19.4 Å². The van der Waals surface area contributed by atoms with Gasteiger partial charge in [0.15, 0.2) is 11.5 Å². The molecule has 0 atom stereocenters. The van der Waals surface area contributed by atoms with Crippen LogP contribution in [0.1, 0.15) is 5.56 Å². The fraction of sp³-hybridized carbons (Fsp3) is 0. The van der Waals surface area contributed by atoms with Crippen LogP contribution in [0.2, 0.25) is 5.02 Å². The standard InChI is InChI=1S/C18H12ClFN6O/c19-13-8-11(3-4-14(13)20)26(27)16(21)12-5-7-23-18-15(12)24-17(25-18)10-2-1-6-22-9-10/h1-9,21,27H,(H,23,24,25). The van der Waals surface area contributed by atoms with Crippen LogP contribution in [0.25, 0.3) is 22.6 Å². The second kappa shape index (κ2) is 6.75. The van der Waals surface area contributed by atoms with Crippen molar-refractivity contribution in [3.05, 3.63) is 71.4 Å². The van der Waals surface area contributed by atoms with Crippen molar-refractivity contribution in [1.29, 1.82) is 5.41 Å². The normalized spacial score (nSPS) is 10.9. The number of benzene rings is 1. The van der Waals surface area contributed by atoms with Gasteiger partial charge in [0.25, 0.3) is 0 Å². The van der Waals surface area contributed by atoms with Crippen LogP contribution in [0.3, 0.4) is 0 Å². The number of halogens is 2. The Bertz CT molecular complexity index is 1150. The highest BCUT2D eigenvalue weighted by Gasteiger charge is 2.18. The van der Waals surface area contributed by atoms with Gasteiger partial charge in [-0.1, -0.05) is 11.6 Å². The summed E-state index contributed by atoms with van der Waals surface area (Å²) in [5, 5.41) is 19.2. The molecule has 27 heavy (non-hydrogen) atoms. The number of hydrogen-bond acceptors (Lipinski definition) is 5. The highest BCUT2D eigenvalue weighted by molar-refractivity contribution is 6.31. The summed E-state index contributed by atoms with van der Waals surface area (Å²) in [6.07, 6.45) is 4.80. The summed E-state index contributed by atoms with van der Waals surface area (Å²) in [5.74, 6) is -0.312. The molecular weight excluding hydrogens is 371 g/mol. The molecule has 9 heteroatoms. The van der Waals surface area contributed by atoms with E-state index in [4.69, 9.17) is 17.0 Å². The Morgan fingerprint density at radius 2 is 2.07 bits per heavy atom. The van der Waals surface area contributed by atoms with Gasteiger partial charge in [-0.3, -0.25) is 15.6 Å². The Morgan fingerprint density at radius 3 is 2.81 bits per heavy atom.